The number of nitro groups is 1. The molecule has 1 heterocycles. The van der Waals surface area contributed by atoms with Crippen molar-refractivity contribution < 1.29 is 9.72 Å². The molecule has 7 heteroatoms. The van der Waals surface area contributed by atoms with E-state index in [2.05, 4.69) is 5.32 Å². The molecule has 1 atom stereocenters. The van der Waals surface area contributed by atoms with E-state index < -0.39 is 11.1 Å². The van der Waals surface area contributed by atoms with Crippen LogP contribution in [0.2, 0.25) is 0 Å². The SMILES string of the molecule is CN(C)c1ccc(C2NC(=O)c3ccccc3N2C)cc1[N+](=O)[O-]. The van der Waals surface area contributed by atoms with E-state index in [9.17, 15) is 14.9 Å². The smallest absolute Gasteiger partial charge is 0.292 e. The minimum atomic E-state index is -0.456. The highest BCUT2D eigenvalue weighted by molar-refractivity contribution is 6.02. The van der Waals surface area contributed by atoms with Gasteiger partial charge in [0.05, 0.1) is 16.2 Å². The Hall–Kier alpha value is -3.09. The van der Waals surface area contributed by atoms with Crippen LogP contribution in [0.1, 0.15) is 22.1 Å². The molecule has 0 radical (unpaired) electrons. The Labute approximate surface area is 139 Å². The number of nitro benzene ring substituents is 1. The Balaban J connectivity index is 2.05. The first-order chi connectivity index (χ1) is 11.4. The van der Waals surface area contributed by atoms with Crippen molar-refractivity contribution in [3.63, 3.8) is 0 Å². The van der Waals surface area contributed by atoms with E-state index in [1.54, 1.807) is 37.2 Å². The van der Waals surface area contributed by atoms with Gasteiger partial charge in [0.1, 0.15) is 11.9 Å². The predicted octanol–water partition coefficient (Wildman–Crippen LogP) is 2.54. The second kappa shape index (κ2) is 5.84. The maximum absolute atomic E-state index is 12.3. The lowest BCUT2D eigenvalue weighted by Crippen LogP contribution is -2.44. The number of hydrogen-bond donors (Lipinski definition) is 1. The Morgan fingerprint density at radius 1 is 1.21 bits per heavy atom. The van der Waals surface area contributed by atoms with Gasteiger partial charge >= 0.3 is 0 Å². The highest BCUT2D eigenvalue weighted by atomic mass is 16.6. The van der Waals surface area contributed by atoms with Crippen LogP contribution in [0.5, 0.6) is 0 Å². The monoisotopic (exact) mass is 326 g/mol. The second-order valence-electron chi connectivity index (χ2n) is 5.90. The molecule has 1 N–H and O–H groups in total. The molecule has 2 aromatic rings. The first-order valence-corrected chi connectivity index (χ1v) is 7.48. The molecule has 7 nitrogen and oxygen atoms in total. The van der Waals surface area contributed by atoms with Crippen LogP contribution in [0.3, 0.4) is 0 Å². The van der Waals surface area contributed by atoms with Gasteiger partial charge in [-0.2, -0.15) is 0 Å². The van der Waals surface area contributed by atoms with Crippen molar-refractivity contribution in [1.29, 1.82) is 0 Å². The largest absolute Gasteiger partial charge is 0.372 e. The quantitative estimate of drug-likeness (QED) is 0.693. The average Bonchev–Trinajstić information content (AvgIpc) is 2.57. The highest BCUT2D eigenvalue weighted by Gasteiger charge is 2.30. The molecule has 1 aliphatic rings. The molecule has 0 saturated heterocycles. The lowest BCUT2D eigenvalue weighted by Gasteiger charge is -2.36. The van der Waals surface area contributed by atoms with Gasteiger partial charge < -0.3 is 15.1 Å². The van der Waals surface area contributed by atoms with Gasteiger partial charge in [-0.1, -0.05) is 18.2 Å². The van der Waals surface area contributed by atoms with Crippen molar-refractivity contribution in [2.24, 2.45) is 0 Å². The summed E-state index contributed by atoms with van der Waals surface area (Å²) in [5, 5.41) is 14.3. The van der Waals surface area contributed by atoms with Crippen LogP contribution < -0.4 is 15.1 Å². The molecule has 3 rings (SSSR count). The van der Waals surface area contributed by atoms with Crippen LogP contribution >= 0.6 is 0 Å². The number of nitrogens with zero attached hydrogens (tertiary/aromatic N) is 3. The van der Waals surface area contributed by atoms with Gasteiger partial charge in [-0.15, -0.1) is 0 Å². The summed E-state index contributed by atoms with van der Waals surface area (Å²) >= 11 is 0. The topological polar surface area (TPSA) is 78.7 Å². The van der Waals surface area contributed by atoms with E-state index in [4.69, 9.17) is 0 Å². The molecular weight excluding hydrogens is 308 g/mol. The number of nitrogens with one attached hydrogen (secondary N) is 1. The van der Waals surface area contributed by atoms with E-state index in [0.717, 1.165) is 5.69 Å². The Morgan fingerprint density at radius 3 is 2.58 bits per heavy atom. The van der Waals surface area contributed by atoms with Crippen LogP contribution in [0.4, 0.5) is 17.1 Å². The fourth-order valence-electron chi connectivity index (χ4n) is 2.95. The molecular formula is C17H18N4O3. The third-order valence-corrected chi connectivity index (χ3v) is 4.18. The second-order valence-corrected chi connectivity index (χ2v) is 5.90. The zero-order valence-corrected chi connectivity index (χ0v) is 13.7. The van der Waals surface area contributed by atoms with Crippen molar-refractivity contribution in [3.05, 3.63) is 63.7 Å². The summed E-state index contributed by atoms with van der Waals surface area (Å²) < 4.78 is 0. The molecule has 1 unspecified atom stereocenters. The summed E-state index contributed by atoms with van der Waals surface area (Å²) in [6.07, 6.45) is -0.456. The van der Waals surface area contributed by atoms with Crippen LogP contribution in [-0.4, -0.2) is 32.0 Å². The molecule has 1 aliphatic heterocycles. The molecule has 0 aliphatic carbocycles. The van der Waals surface area contributed by atoms with Gasteiger partial charge in [-0.05, 0) is 18.2 Å². The number of carbonyl (C=O) groups is 1. The Morgan fingerprint density at radius 2 is 1.92 bits per heavy atom. The molecule has 0 saturated carbocycles. The van der Waals surface area contributed by atoms with Gasteiger partial charge in [0.15, 0.2) is 0 Å². The number of anilines is 2. The first-order valence-electron chi connectivity index (χ1n) is 7.48. The fraction of sp³-hybridized carbons (Fsp3) is 0.235. The van der Waals surface area contributed by atoms with Crippen LogP contribution in [-0.2, 0) is 0 Å². The number of carbonyl (C=O) groups excluding carboxylic acids is 1. The van der Waals surface area contributed by atoms with E-state index in [0.29, 0.717) is 16.8 Å². The number of amides is 1. The van der Waals surface area contributed by atoms with Crippen LogP contribution in [0.15, 0.2) is 42.5 Å². The molecule has 0 spiro atoms. The summed E-state index contributed by atoms with van der Waals surface area (Å²) in [6, 6.07) is 12.3. The number of para-hydroxylation sites is 1. The van der Waals surface area contributed by atoms with Crippen molar-refractivity contribution in [2.45, 2.75) is 6.17 Å². The Kier molecular flexibility index (Phi) is 3.84. The zero-order chi connectivity index (χ0) is 17.4. The van der Waals surface area contributed by atoms with Crippen molar-refractivity contribution in [2.75, 3.05) is 30.9 Å². The maximum atomic E-state index is 12.3. The van der Waals surface area contributed by atoms with Gasteiger partial charge in [-0.25, -0.2) is 0 Å². The van der Waals surface area contributed by atoms with Crippen molar-refractivity contribution >= 4 is 23.0 Å². The standard InChI is InChI=1S/C17H18N4O3/c1-19(2)14-9-8-11(10-15(14)21(23)24)16-18-17(22)12-6-4-5-7-13(12)20(16)3/h4-10,16H,1-3H3,(H,18,22). The fourth-order valence-corrected chi connectivity index (χ4v) is 2.95. The van der Waals surface area contributed by atoms with E-state index >= 15 is 0 Å². The number of fused-ring (bicyclic) bond motifs is 1. The third kappa shape index (κ3) is 2.54. The maximum Gasteiger partial charge on any atom is 0.292 e. The van der Waals surface area contributed by atoms with Crippen molar-refractivity contribution in [1.82, 2.24) is 5.32 Å². The zero-order valence-electron chi connectivity index (χ0n) is 13.7. The molecule has 0 bridgehead atoms. The molecule has 0 fully saturated rings. The normalized spacial score (nSPS) is 16.4. The lowest BCUT2D eigenvalue weighted by atomic mass is 10.0. The summed E-state index contributed by atoms with van der Waals surface area (Å²) in [4.78, 5) is 26.9. The minimum Gasteiger partial charge on any atom is -0.372 e. The first kappa shape index (κ1) is 15.8. The summed E-state index contributed by atoms with van der Waals surface area (Å²) in [5.41, 5.74) is 2.59. The van der Waals surface area contributed by atoms with Gasteiger partial charge in [0, 0.05) is 32.8 Å². The highest BCUT2D eigenvalue weighted by Crippen LogP contribution is 2.35. The molecule has 124 valence electrons. The number of hydrogen-bond acceptors (Lipinski definition) is 5. The molecule has 0 aromatic heterocycles. The average molecular weight is 326 g/mol. The van der Waals surface area contributed by atoms with Gasteiger partial charge in [0.2, 0.25) is 0 Å². The minimum absolute atomic E-state index is 0.0130. The Bertz CT molecular complexity index is 819. The summed E-state index contributed by atoms with van der Waals surface area (Å²) in [6.45, 7) is 0. The van der Waals surface area contributed by atoms with E-state index in [1.165, 1.54) is 6.07 Å². The van der Waals surface area contributed by atoms with Crippen LogP contribution in [0.25, 0.3) is 0 Å². The van der Waals surface area contributed by atoms with Gasteiger partial charge in [0.25, 0.3) is 11.6 Å². The van der Waals surface area contributed by atoms with Crippen molar-refractivity contribution in [3.8, 4) is 0 Å². The lowest BCUT2D eigenvalue weighted by molar-refractivity contribution is -0.384. The molecule has 1 amide bonds. The number of benzene rings is 2. The van der Waals surface area contributed by atoms with Crippen LogP contribution in [0, 0.1) is 10.1 Å². The third-order valence-electron chi connectivity index (χ3n) is 4.18. The number of rotatable bonds is 3. The molecule has 2 aromatic carbocycles. The van der Waals surface area contributed by atoms with Gasteiger partial charge in [-0.3, -0.25) is 14.9 Å². The van der Waals surface area contributed by atoms with E-state index in [1.807, 2.05) is 30.1 Å². The predicted molar refractivity (Wildman–Crippen MR) is 92.5 cm³/mol. The molecule has 24 heavy (non-hydrogen) atoms. The summed E-state index contributed by atoms with van der Waals surface area (Å²) in [5.74, 6) is -0.187. The van der Waals surface area contributed by atoms with E-state index in [-0.39, 0.29) is 11.6 Å². The summed E-state index contributed by atoms with van der Waals surface area (Å²) in [7, 11) is 5.37.